The number of hydrogen-bond donors (Lipinski definition) is 0. The molecule has 16 heteroatoms. The predicted molar refractivity (Wildman–Crippen MR) is 173 cm³/mol. The highest BCUT2D eigenvalue weighted by Gasteiger charge is 2.43. The van der Waals surface area contributed by atoms with Gasteiger partial charge >= 0.3 is 26.2 Å². The van der Waals surface area contributed by atoms with Crippen LogP contribution in [0, 0.1) is 0 Å². The third-order valence-corrected chi connectivity index (χ3v) is 24.6. The maximum Gasteiger partial charge on any atom is 0.499 e. The van der Waals surface area contributed by atoms with Crippen molar-refractivity contribution in [3.63, 3.8) is 0 Å². The topological polar surface area (TPSA) is 92.3 Å². The summed E-state index contributed by atoms with van der Waals surface area (Å²) in [6.07, 6.45) is 1.83. The molecule has 0 saturated carbocycles. The van der Waals surface area contributed by atoms with Gasteiger partial charge < -0.3 is 43.9 Å². The lowest BCUT2D eigenvalue weighted by Gasteiger charge is -2.35. The van der Waals surface area contributed by atoms with Crippen LogP contribution in [-0.2, 0) is 43.9 Å². The Morgan fingerprint density at radius 1 is 0.641 bits per heavy atom. The summed E-state index contributed by atoms with van der Waals surface area (Å²) in [7, 11) is -1.88. The van der Waals surface area contributed by atoms with Gasteiger partial charge in [0.15, 0.2) is 25.7 Å². The first kappa shape index (κ1) is 41.5. The van der Waals surface area contributed by atoms with E-state index in [4.69, 9.17) is 43.9 Å². The Hall–Kier alpha value is 0.321. The van der Waals surface area contributed by atoms with Gasteiger partial charge in [0.25, 0.3) is 5.95 Å². The summed E-state index contributed by atoms with van der Waals surface area (Å²) in [5.41, 5.74) is 0. The summed E-state index contributed by atoms with van der Waals surface area (Å²) in [5.74, 6) is 0.545. The molecule has 10 nitrogen and oxygen atoms in total. The van der Waals surface area contributed by atoms with Gasteiger partial charge in [0, 0.05) is 54.7 Å². The van der Waals surface area contributed by atoms with E-state index >= 15 is 0 Å². The minimum atomic E-state index is -2.56. The van der Waals surface area contributed by atoms with Crippen molar-refractivity contribution in [3.8, 4) is 0 Å². The Morgan fingerprint density at radius 2 is 1.03 bits per heavy atom. The molecule has 0 aromatic heterocycles. The monoisotopic (exact) mass is 664 g/mol. The van der Waals surface area contributed by atoms with Crippen molar-refractivity contribution < 1.29 is 43.9 Å². The van der Waals surface area contributed by atoms with E-state index in [1.54, 1.807) is 42.7 Å². The van der Waals surface area contributed by atoms with Crippen molar-refractivity contribution in [3.05, 3.63) is 12.0 Å². The second-order valence-electron chi connectivity index (χ2n) is 10.9. The van der Waals surface area contributed by atoms with Gasteiger partial charge in [0.2, 0.25) is 0 Å². The van der Waals surface area contributed by atoms with Crippen molar-refractivity contribution in [2.45, 2.75) is 90.4 Å². The summed E-state index contributed by atoms with van der Waals surface area (Å²) in [4.78, 5) is 0. The van der Waals surface area contributed by atoms with Gasteiger partial charge in [-0.05, 0) is 84.4 Å². The predicted octanol–water partition coefficient (Wildman–Crippen LogP) is 5.77. The second-order valence-corrected chi connectivity index (χ2v) is 32.0. The minimum Gasteiger partial charge on any atom is -0.495 e. The van der Waals surface area contributed by atoms with E-state index in [9.17, 15) is 0 Å². The van der Waals surface area contributed by atoms with Gasteiger partial charge in [-0.25, -0.2) is 0 Å². The number of hydrogen-bond acceptors (Lipinski definition) is 10. The molecule has 0 aliphatic rings. The van der Waals surface area contributed by atoms with Gasteiger partial charge in [-0.1, -0.05) is 0 Å². The van der Waals surface area contributed by atoms with Crippen LogP contribution in [0.3, 0.4) is 0 Å². The van der Waals surface area contributed by atoms with Gasteiger partial charge in [-0.15, -0.1) is 0 Å². The molecule has 0 aliphatic heterocycles. The van der Waals surface area contributed by atoms with Gasteiger partial charge in [0.05, 0.1) is 6.61 Å². The Balaban J connectivity index is 0. The van der Waals surface area contributed by atoms with E-state index in [-0.39, 0.29) is 0 Å². The molecule has 0 aliphatic carbocycles. The third-order valence-electron chi connectivity index (χ3n) is 5.88. The lowest BCUT2D eigenvalue weighted by atomic mass is 10.7. The first-order valence-corrected chi connectivity index (χ1v) is 29.3. The molecule has 0 amide bonds. The average Bonchev–Trinajstić information content (AvgIpc) is 2.85. The van der Waals surface area contributed by atoms with Gasteiger partial charge in [-0.2, -0.15) is 0 Å². The smallest absolute Gasteiger partial charge is 0.495 e. The molecular formula is C23H60O10Si6. The number of allylic oxidation sites excluding steroid dienone is 1. The van der Waals surface area contributed by atoms with Crippen molar-refractivity contribution >= 4 is 51.8 Å². The second kappa shape index (κ2) is 19.5. The summed E-state index contributed by atoms with van der Waals surface area (Å²) < 4.78 is 56.7. The zero-order chi connectivity index (χ0) is 31.0. The van der Waals surface area contributed by atoms with E-state index in [0.717, 1.165) is 24.2 Å². The fourth-order valence-electron chi connectivity index (χ4n) is 4.01. The highest BCUT2D eigenvalue weighted by atomic mass is 28.4. The van der Waals surface area contributed by atoms with Gasteiger partial charge in [-0.3, -0.25) is 0 Å². The highest BCUT2D eigenvalue weighted by Crippen LogP contribution is 2.27. The normalized spacial score (nSPS) is 13.8. The van der Waals surface area contributed by atoms with E-state index in [1.165, 1.54) is 0 Å². The van der Waals surface area contributed by atoms with E-state index in [1.807, 2.05) is 33.0 Å². The number of ether oxygens (including phenoxy) is 1. The maximum absolute atomic E-state index is 6.42. The number of rotatable bonds is 20. The first-order valence-electron chi connectivity index (χ1n) is 13.6. The summed E-state index contributed by atoms with van der Waals surface area (Å²) in [6.45, 7) is 21.8. The van der Waals surface area contributed by atoms with Crippen molar-refractivity contribution in [1.82, 2.24) is 0 Å². The van der Waals surface area contributed by atoms with Gasteiger partial charge in [0.1, 0.15) is 0 Å². The van der Waals surface area contributed by atoms with Crippen LogP contribution < -0.4 is 0 Å². The molecule has 0 bridgehead atoms. The van der Waals surface area contributed by atoms with Crippen LogP contribution in [0.2, 0.25) is 76.6 Å². The van der Waals surface area contributed by atoms with Crippen LogP contribution >= 0.6 is 0 Å². The molecule has 0 fully saturated rings. The zero-order valence-electron chi connectivity index (χ0n) is 27.8. The Labute approximate surface area is 246 Å². The maximum atomic E-state index is 6.42. The van der Waals surface area contributed by atoms with E-state index in [0.29, 0.717) is 12.6 Å². The molecule has 39 heavy (non-hydrogen) atoms. The molecule has 0 N–H and O–H groups in total. The molecule has 0 atom stereocenters. The fourth-order valence-corrected chi connectivity index (χ4v) is 25.6. The van der Waals surface area contributed by atoms with Crippen LogP contribution in [0.4, 0.5) is 0 Å². The molecule has 0 rings (SSSR count). The first-order chi connectivity index (χ1) is 17.9. The van der Waals surface area contributed by atoms with Crippen LogP contribution in [-0.4, -0.2) is 101 Å². The highest BCUT2D eigenvalue weighted by molar-refractivity contribution is 6.83. The molecule has 0 radical (unpaired) electrons. The van der Waals surface area contributed by atoms with Crippen LogP contribution in [0.5, 0.6) is 0 Å². The summed E-state index contributed by atoms with van der Waals surface area (Å²) in [5, 5.41) is 0. The minimum absolute atomic E-state index is 0.545. The van der Waals surface area contributed by atoms with Crippen LogP contribution in [0.25, 0.3) is 0 Å². The molecule has 0 heterocycles. The standard InChI is InChI=1S/C14H34O6Si3.C9H26O4Si3/c1-10-14(18-11-2)19-22(8,9)20-21(6,7)12-13-23(15-3,16-4)17-5;1-10-16(11-2,12-3)9-8-15(6,7)13-14(4)5/h10H,11-13H2,1-9H3;14H,8-9H2,1-7H3/b14-10-;. The molecule has 236 valence electrons. The Bertz CT molecular complexity index is 655. The fraction of sp³-hybridized carbons (Fsp3) is 0.913. The average molecular weight is 665 g/mol. The molecular weight excluding hydrogens is 605 g/mol. The van der Waals surface area contributed by atoms with Crippen LogP contribution in [0.15, 0.2) is 12.0 Å². The summed E-state index contributed by atoms with van der Waals surface area (Å²) >= 11 is 0. The molecule has 0 aromatic rings. The zero-order valence-corrected chi connectivity index (χ0v) is 33.9. The largest absolute Gasteiger partial charge is 0.499 e. The molecule has 0 aromatic carbocycles. The molecule has 0 saturated heterocycles. The lowest BCUT2D eigenvalue weighted by Crippen LogP contribution is -2.49. The van der Waals surface area contributed by atoms with E-state index < -0.39 is 51.8 Å². The molecule has 0 unspecified atom stereocenters. The summed E-state index contributed by atoms with van der Waals surface area (Å²) in [6, 6.07) is 3.49. The SMILES string of the molecule is C/C=C(/OCC)O[Si](C)(C)O[Si](C)(C)CC[Si](OC)(OC)OC.CO[Si](CC[Si](C)(C)O[SiH](C)C)(OC)OC. The van der Waals surface area contributed by atoms with Crippen LogP contribution in [0.1, 0.15) is 13.8 Å². The molecule has 0 spiro atoms. The Morgan fingerprint density at radius 3 is 1.33 bits per heavy atom. The lowest BCUT2D eigenvalue weighted by molar-refractivity contribution is 0.0969. The van der Waals surface area contributed by atoms with E-state index in [2.05, 4.69) is 39.3 Å². The Kier molecular flexibility index (Phi) is 20.7. The quantitative estimate of drug-likeness (QED) is 0.118. The third kappa shape index (κ3) is 17.8. The van der Waals surface area contributed by atoms with Crippen molar-refractivity contribution in [2.75, 3.05) is 49.3 Å². The van der Waals surface area contributed by atoms with Crippen molar-refractivity contribution in [2.24, 2.45) is 0 Å². The van der Waals surface area contributed by atoms with Crippen molar-refractivity contribution in [1.29, 1.82) is 0 Å².